The van der Waals surface area contributed by atoms with Gasteiger partial charge in [0, 0.05) is 12.6 Å². The van der Waals surface area contributed by atoms with Crippen molar-refractivity contribution in [2.45, 2.75) is 45.4 Å². The topological polar surface area (TPSA) is 55.2 Å². The molecule has 1 aromatic rings. The molecule has 0 aliphatic rings. The molecule has 0 unspecified atom stereocenters. The van der Waals surface area contributed by atoms with Crippen LogP contribution < -0.4 is 5.32 Å². The smallest absolute Gasteiger partial charge is 0.272 e. The number of nitro groups is 1. The van der Waals surface area contributed by atoms with Gasteiger partial charge in [-0.2, -0.15) is 0 Å². The van der Waals surface area contributed by atoms with Crippen molar-refractivity contribution in [3.8, 4) is 0 Å². The molecule has 0 aliphatic heterocycles. The molecule has 0 atom stereocenters. The number of nitro benzene ring substituents is 1. The number of non-ortho nitro benzene ring substituents is 1. The van der Waals surface area contributed by atoms with Crippen molar-refractivity contribution in [2.24, 2.45) is 0 Å². The van der Waals surface area contributed by atoms with Gasteiger partial charge in [-0.05, 0) is 12.5 Å². The lowest BCUT2D eigenvalue weighted by atomic mass is 10.1. The molecule has 1 aromatic carbocycles. The number of hydrogen-bond donors (Lipinski definition) is 1. The third-order valence-electron chi connectivity index (χ3n) is 3.01. The fourth-order valence-corrected chi connectivity index (χ4v) is 1.89. The van der Waals surface area contributed by atoms with Crippen LogP contribution in [0.4, 0.5) is 15.8 Å². The molecule has 0 spiro atoms. The molecule has 0 radical (unpaired) electrons. The minimum absolute atomic E-state index is 0.220. The summed E-state index contributed by atoms with van der Waals surface area (Å²) in [6.45, 7) is 2.87. The Balaban J connectivity index is 2.28. The molecule has 0 aliphatic carbocycles. The van der Waals surface area contributed by atoms with E-state index >= 15 is 0 Å². The Bertz CT molecular complexity index is 410. The summed E-state index contributed by atoms with van der Waals surface area (Å²) >= 11 is 0. The number of hydrogen-bond acceptors (Lipinski definition) is 3. The van der Waals surface area contributed by atoms with Crippen molar-refractivity contribution >= 4 is 11.4 Å². The van der Waals surface area contributed by atoms with Gasteiger partial charge in [-0.25, -0.2) is 4.39 Å². The van der Waals surface area contributed by atoms with Gasteiger partial charge in [0.1, 0.15) is 0 Å². The Kier molecular flexibility index (Phi) is 6.85. The van der Waals surface area contributed by atoms with E-state index in [2.05, 4.69) is 12.2 Å². The van der Waals surface area contributed by atoms with E-state index in [-0.39, 0.29) is 5.69 Å². The maximum absolute atomic E-state index is 13.5. The maximum Gasteiger partial charge on any atom is 0.272 e. The lowest BCUT2D eigenvalue weighted by molar-refractivity contribution is -0.385. The molecule has 0 saturated carbocycles. The second-order valence-corrected chi connectivity index (χ2v) is 4.62. The van der Waals surface area contributed by atoms with Crippen LogP contribution in [0.15, 0.2) is 18.2 Å². The molecule has 0 saturated heterocycles. The summed E-state index contributed by atoms with van der Waals surface area (Å²) in [5.74, 6) is -0.569. The zero-order valence-electron chi connectivity index (χ0n) is 11.3. The highest BCUT2D eigenvalue weighted by Crippen LogP contribution is 2.20. The van der Waals surface area contributed by atoms with Gasteiger partial charge in [0.15, 0.2) is 5.82 Å². The van der Waals surface area contributed by atoms with Crippen LogP contribution in [-0.2, 0) is 0 Å². The molecular weight excluding hydrogens is 247 g/mol. The Labute approximate surface area is 113 Å². The van der Waals surface area contributed by atoms with E-state index in [1.165, 1.54) is 37.8 Å². The highest BCUT2D eigenvalue weighted by molar-refractivity contribution is 5.49. The predicted molar refractivity (Wildman–Crippen MR) is 74.9 cm³/mol. The van der Waals surface area contributed by atoms with Crippen LogP contribution in [0.1, 0.15) is 45.4 Å². The molecule has 1 rings (SSSR count). The van der Waals surface area contributed by atoms with E-state index in [9.17, 15) is 14.5 Å². The van der Waals surface area contributed by atoms with Crippen LogP contribution in [0.5, 0.6) is 0 Å². The van der Waals surface area contributed by atoms with E-state index in [1.807, 2.05) is 0 Å². The molecule has 1 N–H and O–H groups in total. The predicted octanol–water partition coefficient (Wildman–Crippen LogP) is 4.51. The summed E-state index contributed by atoms with van der Waals surface area (Å²) in [5, 5.41) is 13.4. The first-order chi connectivity index (χ1) is 9.15. The van der Waals surface area contributed by atoms with Crippen molar-refractivity contribution in [1.82, 2.24) is 0 Å². The monoisotopic (exact) mass is 268 g/mol. The fourth-order valence-electron chi connectivity index (χ4n) is 1.89. The summed E-state index contributed by atoms with van der Waals surface area (Å²) < 4.78 is 13.5. The van der Waals surface area contributed by atoms with Crippen LogP contribution in [0.25, 0.3) is 0 Å². The lowest BCUT2D eigenvalue weighted by Crippen LogP contribution is -2.03. The van der Waals surface area contributed by atoms with Crippen LogP contribution in [0.2, 0.25) is 0 Å². The summed E-state index contributed by atoms with van der Waals surface area (Å²) in [7, 11) is 0. The van der Waals surface area contributed by atoms with Crippen molar-refractivity contribution in [3.63, 3.8) is 0 Å². The molecule has 4 nitrogen and oxygen atoms in total. The quantitative estimate of drug-likeness (QED) is 0.407. The van der Waals surface area contributed by atoms with Crippen molar-refractivity contribution in [1.29, 1.82) is 0 Å². The van der Waals surface area contributed by atoms with Gasteiger partial charge in [0.25, 0.3) is 5.69 Å². The van der Waals surface area contributed by atoms with Gasteiger partial charge < -0.3 is 5.32 Å². The van der Waals surface area contributed by atoms with Gasteiger partial charge in [-0.3, -0.25) is 10.1 Å². The first-order valence-electron chi connectivity index (χ1n) is 6.83. The molecule has 5 heteroatoms. The molecule has 0 bridgehead atoms. The highest BCUT2D eigenvalue weighted by Gasteiger charge is 2.09. The van der Waals surface area contributed by atoms with Crippen molar-refractivity contribution in [3.05, 3.63) is 34.1 Å². The number of benzene rings is 1. The van der Waals surface area contributed by atoms with Crippen LogP contribution in [0, 0.1) is 15.9 Å². The van der Waals surface area contributed by atoms with Gasteiger partial charge in [-0.15, -0.1) is 0 Å². The van der Waals surface area contributed by atoms with Crippen LogP contribution in [0.3, 0.4) is 0 Å². The zero-order chi connectivity index (χ0) is 14.1. The number of rotatable bonds is 9. The molecule has 106 valence electrons. The average Bonchev–Trinajstić information content (AvgIpc) is 2.39. The summed E-state index contributed by atoms with van der Waals surface area (Å²) in [6.07, 6.45) is 7.07. The summed E-state index contributed by atoms with van der Waals surface area (Å²) in [4.78, 5) is 9.87. The zero-order valence-corrected chi connectivity index (χ0v) is 11.3. The summed E-state index contributed by atoms with van der Waals surface area (Å²) in [6, 6.07) is 3.68. The largest absolute Gasteiger partial charge is 0.383 e. The second kappa shape index (κ2) is 8.45. The Morgan fingerprint density at radius 2 is 1.89 bits per heavy atom. The molecule has 0 heterocycles. The van der Waals surface area contributed by atoms with Crippen LogP contribution >= 0.6 is 0 Å². The number of unbranched alkanes of at least 4 members (excludes halogenated alkanes) is 5. The number of nitrogens with zero attached hydrogens (tertiary/aromatic N) is 1. The summed E-state index contributed by atoms with van der Waals surface area (Å²) in [5.41, 5.74) is 0.113. The van der Waals surface area contributed by atoms with E-state index in [4.69, 9.17) is 0 Å². The van der Waals surface area contributed by atoms with Gasteiger partial charge in [-0.1, -0.05) is 39.0 Å². The van der Waals surface area contributed by atoms with Crippen molar-refractivity contribution < 1.29 is 9.31 Å². The first kappa shape index (κ1) is 15.4. The fraction of sp³-hybridized carbons (Fsp3) is 0.571. The second-order valence-electron chi connectivity index (χ2n) is 4.62. The molecule has 0 fully saturated rings. The Hall–Kier alpha value is -1.65. The Morgan fingerprint density at radius 1 is 1.21 bits per heavy atom. The molecule has 0 aromatic heterocycles. The van der Waals surface area contributed by atoms with E-state index in [1.54, 1.807) is 0 Å². The Morgan fingerprint density at radius 3 is 2.53 bits per heavy atom. The average molecular weight is 268 g/mol. The van der Waals surface area contributed by atoms with Crippen LogP contribution in [-0.4, -0.2) is 11.5 Å². The van der Waals surface area contributed by atoms with E-state index < -0.39 is 10.7 Å². The minimum atomic E-state index is -0.597. The molecule has 19 heavy (non-hydrogen) atoms. The minimum Gasteiger partial charge on any atom is -0.383 e. The third kappa shape index (κ3) is 5.68. The number of nitrogens with one attached hydrogen (secondary N) is 1. The van der Waals surface area contributed by atoms with E-state index in [0.717, 1.165) is 18.9 Å². The number of halogens is 1. The molecule has 0 amide bonds. The van der Waals surface area contributed by atoms with Crippen molar-refractivity contribution in [2.75, 3.05) is 11.9 Å². The molecular formula is C14H21FN2O2. The standard InChI is InChI=1S/C14H21FN2O2/c1-2-3-4-5-6-7-10-16-14-9-8-12(17(18)19)11-13(14)15/h8-9,11,16H,2-7,10H2,1H3. The number of anilines is 1. The van der Waals surface area contributed by atoms with E-state index in [0.29, 0.717) is 12.2 Å². The lowest BCUT2D eigenvalue weighted by Gasteiger charge is -2.07. The normalized spacial score (nSPS) is 10.4. The first-order valence-corrected chi connectivity index (χ1v) is 6.83. The van der Waals surface area contributed by atoms with Gasteiger partial charge in [0.05, 0.1) is 16.7 Å². The SMILES string of the molecule is CCCCCCCCNc1ccc([N+](=O)[O-])cc1F. The maximum atomic E-state index is 13.5. The van der Waals surface area contributed by atoms with Gasteiger partial charge >= 0.3 is 0 Å². The van der Waals surface area contributed by atoms with Gasteiger partial charge in [0.2, 0.25) is 0 Å². The third-order valence-corrected chi connectivity index (χ3v) is 3.01. The highest BCUT2D eigenvalue weighted by atomic mass is 19.1.